The summed E-state index contributed by atoms with van der Waals surface area (Å²) in [5, 5.41) is 3.01. The van der Waals surface area contributed by atoms with Gasteiger partial charge in [-0.3, -0.25) is 4.79 Å². The monoisotopic (exact) mass is 308 g/mol. The third-order valence-electron chi connectivity index (χ3n) is 3.85. The standard InChI is InChI=1S/C15H20N2O3S/c1-19-11-7-4-8-12(20-2)13(11)15(18)17-10-6-3-5-9(10)14(16)21/h4,7-10H,3,5-6H2,1-2H3,(H2,16,21)(H,17,18). The first-order chi connectivity index (χ1) is 10.1. The number of methoxy groups -OCH3 is 2. The van der Waals surface area contributed by atoms with Gasteiger partial charge in [-0.1, -0.05) is 24.7 Å². The van der Waals surface area contributed by atoms with Crippen LogP contribution in [0.1, 0.15) is 29.6 Å². The van der Waals surface area contributed by atoms with Gasteiger partial charge in [0.25, 0.3) is 5.91 Å². The summed E-state index contributed by atoms with van der Waals surface area (Å²) in [5.74, 6) is 0.801. The number of carbonyl (C=O) groups is 1. The first kappa shape index (κ1) is 15.6. The van der Waals surface area contributed by atoms with Crippen LogP contribution >= 0.6 is 12.2 Å². The molecule has 21 heavy (non-hydrogen) atoms. The Labute approximate surface area is 129 Å². The van der Waals surface area contributed by atoms with Crippen molar-refractivity contribution in [3.8, 4) is 11.5 Å². The maximum absolute atomic E-state index is 12.6. The summed E-state index contributed by atoms with van der Waals surface area (Å²) in [6, 6.07) is 5.22. The molecular formula is C15H20N2O3S. The van der Waals surface area contributed by atoms with E-state index in [0.717, 1.165) is 19.3 Å². The van der Waals surface area contributed by atoms with E-state index < -0.39 is 0 Å². The van der Waals surface area contributed by atoms with Crippen LogP contribution in [0.15, 0.2) is 18.2 Å². The third-order valence-corrected chi connectivity index (χ3v) is 4.16. The van der Waals surface area contributed by atoms with Gasteiger partial charge in [-0.2, -0.15) is 0 Å². The molecule has 1 fully saturated rings. The van der Waals surface area contributed by atoms with E-state index in [0.29, 0.717) is 22.1 Å². The fourth-order valence-electron chi connectivity index (χ4n) is 2.79. The highest BCUT2D eigenvalue weighted by atomic mass is 32.1. The van der Waals surface area contributed by atoms with Crippen LogP contribution in [0.5, 0.6) is 11.5 Å². The number of rotatable bonds is 5. The molecule has 0 saturated heterocycles. The molecule has 2 unspecified atom stereocenters. The van der Waals surface area contributed by atoms with Crippen LogP contribution in [-0.2, 0) is 0 Å². The van der Waals surface area contributed by atoms with Gasteiger partial charge in [0.2, 0.25) is 0 Å². The highest BCUT2D eigenvalue weighted by molar-refractivity contribution is 7.80. The molecule has 2 atom stereocenters. The zero-order chi connectivity index (χ0) is 15.4. The maximum Gasteiger partial charge on any atom is 0.259 e. The van der Waals surface area contributed by atoms with Gasteiger partial charge >= 0.3 is 0 Å². The molecule has 2 rings (SSSR count). The minimum atomic E-state index is -0.225. The first-order valence-corrected chi connectivity index (χ1v) is 7.30. The number of benzene rings is 1. The molecule has 1 aliphatic rings. The summed E-state index contributed by atoms with van der Waals surface area (Å²) >= 11 is 5.08. The molecule has 6 heteroatoms. The number of carbonyl (C=O) groups excluding carboxylic acids is 1. The molecule has 0 heterocycles. The summed E-state index contributed by atoms with van der Waals surface area (Å²) < 4.78 is 10.5. The van der Waals surface area contributed by atoms with E-state index in [1.807, 2.05) is 0 Å². The van der Waals surface area contributed by atoms with E-state index in [9.17, 15) is 4.79 Å². The van der Waals surface area contributed by atoms with Crippen molar-refractivity contribution in [1.29, 1.82) is 0 Å². The number of nitrogens with two attached hydrogens (primary N) is 1. The van der Waals surface area contributed by atoms with E-state index >= 15 is 0 Å². The predicted octanol–water partition coefficient (Wildman–Crippen LogP) is 1.89. The van der Waals surface area contributed by atoms with Gasteiger partial charge < -0.3 is 20.5 Å². The Balaban J connectivity index is 2.22. The predicted molar refractivity (Wildman–Crippen MR) is 84.9 cm³/mol. The van der Waals surface area contributed by atoms with E-state index in [1.165, 1.54) is 14.2 Å². The van der Waals surface area contributed by atoms with Gasteiger partial charge in [-0.25, -0.2) is 0 Å². The molecule has 1 saturated carbocycles. The molecule has 1 aliphatic carbocycles. The van der Waals surface area contributed by atoms with Crippen molar-refractivity contribution in [3.63, 3.8) is 0 Å². The number of amides is 1. The average Bonchev–Trinajstić information content (AvgIpc) is 2.94. The molecule has 0 radical (unpaired) electrons. The summed E-state index contributed by atoms with van der Waals surface area (Å²) in [5.41, 5.74) is 6.14. The largest absolute Gasteiger partial charge is 0.496 e. The highest BCUT2D eigenvalue weighted by Crippen LogP contribution is 2.30. The molecule has 5 nitrogen and oxygen atoms in total. The van der Waals surface area contributed by atoms with Crippen molar-refractivity contribution in [2.45, 2.75) is 25.3 Å². The molecule has 0 bridgehead atoms. The van der Waals surface area contributed by atoms with Crippen LogP contribution in [0.2, 0.25) is 0 Å². The van der Waals surface area contributed by atoms with Crippen molar-refractivity contribution in [2.24, 2.45) is 11.7 Å². The van der Waals surface area contributed by atoms with Crippen LogP contribution < -0.4 is 20.5 Å². The van der Waals surface area contributed by atoms with Gasteiger partial charge in [0.15, 0.2) is 0 Å². The highest BCUT2D eigenvalue weighted by Gasteiger charge is 2.32. The number of hydrogen-bond acceptors (Lipinski definition) is 4. The second kappa shape index (κ2) is 6.76. The first-order valence-electron chi connectivity index (χ1n) is 6.89. The lowest BCUT2D eigenvalue weighted by Crippen LogP contribution is -2.41. The van der Waals surface area contributed by atoms with E-state index in [-0.39, 0.29) is 17.9 Å². The topological polar surface area (TPSA) is 73.6 Å². The molecule has 0 spiro atoms. The summed E-state index contributed by atoms with van der Waals surface area (Å²) in [4.78, 5) is 13.0. The Hall–Kier alpha value is -1.82. The van der Waals surface area contributed by atoms with Crippen molar-refractivity contribution in [2.75, 3.05) is 14.2 Å². The molecular weight excluding hydrogens is 288 g/mol. The molecule has 114 valence electrons. The average molecular weight is 308 g/mol. The van der Waals surface area contributed by atoms with E-state index in [1.54, 1.807) is 18.2 Å². The fraction of sp³-hybridized carbons (Fsp3) is 0.467. The van der Waals surface area contributed by atoms with Gasteiger partial charge in [0.05, 0.1) is 19.2 Å². The molecule has 3 N–H and O–H groups in total. The lowest BCUT2D eigenvalue weighted by Gasteiger charge is -2.21. The van der Waals surface area contributed by atoms with Gasteiger partial charge in [0.1, 0.15) is 17.1 Å². The smallest absolute Gasteiger partial charge is 0.259 e. The SMILES string of the molecule is COc1cccc(OC)c1C(=O)NC1CCCC1C(N)=S. The number of thiocarbonyl (C=S) groups is 1. The van der Waals surface area contributed by atoms with E-state index in [2.05, 4.69) is 5.32 Å². The number of ether oxygens (including phenoxy) is 2. The number of nitrogens with one attached hydrogen (secondary N) is 1. The minimum Gasteiger partial charge on any atom is -0.496 e. The van der Waals surface area contributed by atoms with Crippen molar-refractivity contribution < 1.29 is 14.3 Å². The van der Waals surface area contributed by atoms with Crippen molar-refractivity contribution in [3.05, 3.63) is 23.8 Å². The zero-order valence-corrected chi connectivity index (χ0v) is 13.0. The van der Waals surface area contributed by atoms with Crippen LogP contribution in [-0.4, -0.2) is 31.2 Å². The lowest BCUT2D eigenvalue weighted by atomic mass is 10.0. The fourth-order valence-corrected chi connectivity index (χ4v) is 3.07. The van der Waals surface area contributed by atoms with E-state index in [4.69, 9.17) is 27.4 Å². The molecule has 1 aromatic carbocycles. The maximum atomic E-state index is 12.6. The van der Waals surface area contributed by atoms with Gasteiger partial charge in [-0.15, -0.1) is 0 Å². The second-order valence-electron chi connectivity index (χ2n) is 5.06. The number of hydrogen-bond donors (Lipinski definition) is 2. The zero-order valence-electron chi connectivity index (χ0n) is 12.2. The Morgan fingerprint density at radius 2 is 1.90 bits per heavy atom. The van der Waals surface area contributed by atoms with Crippen LogP contribution in [0.4, 0.5) is 0 Å². The Kier molecular flexibility index (Phi) is 5.01. The Bertz CT molecular complexity index is 525. The molecule has 0 aromatic heterocycles. The second-order valence-corrected chi connectivity index (χ2v) is 5.53. The Morgan fingerprint density at radius 3 is 2.43 bits per heavy atom. The lowest BCUT2D eigenvalue weighted by molar-refractivity contribution is 0.0927. The summed E-state index contributed by atoms with van der Waals surface area (Å²) in [6.07, 6.45) is 2.81. The summed E-state index contributed by atoms with van der Waals surface area (Å²) in [7, 11) is 3.05. The quantitative estimate of drug-likeness (QED) is 0.813. The van der Waals surface area contributed by atoms with Crippen LogP contribution in [0, 0.1) is 5.92 Å². The van der Waals surface area contributed by atoms with Crippen LogP contribution in [0.3, 0.4) is 0 Å². The normalized spacial score (nSPS) is 20.9. The minimum absolute atomic E-state index is 0.0235. The van der Waals surface area contributed by atoms with Crippen molar-refractivity contribution in [1.82, 2.24) is 5.32 Å². The van der Waals surface area contributed by atoms with Gasteiger partial charge in [-0.05, 0) is 25.0 Å². The van der Waals surface area contributed by atoms with Crippen molar-refractivity contribution >= 4 is 23.1 Å². The molecule has 0 aliphatic heterocycles. The summed E-state index contributed by atoms with van der Waals surface area (Å²) in [6.45, 7) is 0. The van der Waals surface area contributed by atoms with Crippen LogP contribution in [0.25, 0.3) is 0 Å². The van der Waals surface area contributed by atoms with Gasteiger partial charge in [0, 0.05) is 12.0 Å². The molecule has 1 amide bonds. The third kappa shape index (κ3) is 3.26. The molecule has 1 aromatic rings. The Morgan fingerprint density at radius 1 is 1.29 bits per heavy atom.